The van der Waals surface area contributed by atoms with Crippen molar-refractivity contribution in [3.8, 4) is 0 Å². The van der Waals surface area contributed by atoms with Crippen molar-refractivity contribution in [3.05, 3.63) is 23.4 Å². The lowest BCUT2D eigenvalue weighted by Crippen LogP contribution is -2.52. The van der Waals surface area contributed by atoms with Crippen LogP contribution in [0.25, 0.3) is 0 Å². The zero-order valence-electron chi connectivity index (χ0n) is 13.2. The zero-order chi connectivity index (χ0) is 14.9. The van der Waals surface area contributed by atoms with Gasteiger partial charge in [0.15, 0.2) is 0 Å². The molecule has 1 aromatic heterocycles. The van der Waals surface area contributed by atoms with Gasteiger partial charge in [-0.15, -0.1) is 0 Å². The summed E-state index contributed by atoms with van der Waals surface area (Å²) in [6.07, 6.45) is 0.181. The minimum absolute atomic E-state index is 0.0541. The van der Waals surface area contributed by atoms with Crippen molar-refractivity contribution in [2.45, 2.75) is 58.8 Å². The van der Waals surface area contributed by atoms with Crippen molar-refractivity contribution in [1.82, 2.24) is 4.98 Å². The number of aliphatic hydroxyl groups excluding tert-OH is 1. The van der Waals surface area contributed by atoms with Gasteiger partial charge in [0.2, 0.25) is 0 Å². The molecule has 0 bridgehead atoms. The average Bonchev–Trinajstić information content (AvgIpc) is 2.35. The van der Waals surface area contributed by atoms with Gasteiger partial charge < -0.3 is 14.7 Å². The maximum absolute atomic E-state index is 9.45. The van der Waals surface area contributed by atoms with Crippen LogP contribution in [0.3, 0.4) is 0 Å². The third kappa shape index (κ3) is 3.49. The number of hydrogen-bond acceptors (Lipinski definition) is 4. The molecule has 1 atom stereocenters. The molecule has 2 heterocycles. The highest BCUT2D eigenvalue weighted by Crippen LogP contribution is 2.27. The van der Waals surface area contributed by atoms with Crippen molar-refractivity contribution in [2.75, 3.05) is 18.0 Å². The lowest BCUT2D eigenvalue weighted by atomic mass is 10.0. The van der Waals surface area contributed by atoms with E-state index in [1.165, 1.54) is 0 Å². The fourth-order valence-corrected chi connectivity index (χ4v) is 2.77. The minimum atomic E-state index is -0.174. The average molecular weight is 278 g/mol. The molecule has 112 valence electrons. The van der Waals surface area contributed by atoms with E-state index in [4.69, 9.17) is 9.72 Å². The summed E-state index contributed by atoms with van der Waals surface area (Å²) < 4.78 is 5.94. The number of morpholine rings is 1. The summed E-state index contributed by atoms with van der Waals surface area (Å²) in [4.78, 5) is 7.03. The lowest BCUT2D eigenvalue weighted by molar-refractivity contribution is -0.0751. The standard InChI is InChI=1S/C16H26N2O2/c1-11(2)14-6-13(9-19)7-15(17-14)18-8-12(3)20-16(4,5)10-18/h6-7,11-12,19H,8-10H2,1-5H3. The molecule has 1 saturated heterocycles. The van der Waals surface area contributed by atoms with Crippen LogP contribution in [0, 0.1) is 0 Å². The van der Waals surface area contributed by atoms with Crippen LogP contribution >= 0.6 is 0 Å². The molecule has 0 aromatic carbocycles. The molecule has 1 unspecified atom stereocenters. The molecule has 2 rings (SSSR count). The molecular formula is C16H26N2O2. The Hall–Kier alpha value is -1.13. The Balaban J connectivity index is 2.33. The number of aromatic nitrogens is 1. The van der Waals surface area contributed by atoms with Gasteiger partial charge in [-0.25, -0.2) is 4.98 Å². The van der Waals surface area contributed by atoms with E-state index in [0.717, 1.165) is 30.2 Å². The molecular weight excluding hydrogens is 252 g/mol. The molecule has 0 saturated carbocycles. The molecule has 0 radical (unpaired) electrons. The highest BCUT2D eigenvalue weighted by molar-refractivity contribution is 5.44. The molecule has 0 spiro atoms. The summed E-state index contributed by atoms with van der Waals surface area (Å²) in [6, 6.07) is 3.98. The molecule has 20 heavy (non-hydrogen) atoms. The fourth-order valence-electron chi connectivity index (χ4n) is 2.77. The Bertz CT molecular complexity index is 472. The second-order valence-corrected chi connectivity index (χ2v) is 6.64. The third-order valence-electron chi connectivity index (χ3n) is 3.56. The molecule has 4 heteroatoms. The van der Waals surface area contributed by atoms with Crippen LogP contribution < -0.4 is 4.90 Å². The van der Waals surface area contributed by atoms with Crippen molar-refractivity contribution < 1.29 is 9.84 Å². The van der Waals surface area contributed by atoms with Crippen molar-refractivity contribution >= 4 is 5.82 Å². The first kappa shape index (κ1) is 15.3. The summed E-state index contributed by atoms with van der Waals surface area (Å²) in [5.74, 6) is 1.30. The Morgan fingerprint density at radius 1 is 1.45 bits per heavy atom. The van der Waals surface area contributed by atoms with Gasteiger partial charge in [0.1, 0.15) is 5.82 Å². The quantitative estimate of drug-likeness (QED) is 0.923. The van der Waals surface area contributed by atoms with Gasteiger partial charge in [-0.2, -0.15) is 0 Å². The van der Waals surface area contributed by atoms with E-state index in [0.29, 0.717) is 5.92 Å². The molecule has 0 amide bonds. The second kappa shape index (κ2) is 5.70. The second-order valence-electron chi connectivity index (χ2n) is 6.64. The fraction of sp³-hybridized carbons (Fsp3) is 0.688. The minimum Gasteiger partial charge on any atom is -0.392 e. The van der Waals surface area contributed by atoms with E-state index in [-0.39, 0.29) is 18.3 Å². The van der Waals surface area contributed by atoms with Gasteiger partial charge >= 0.3 is 0 Å². The van der Waals surface area contributed by atoms with Gasteiger partial charge in [0.05, 0.1) is 18.3 Å². The normalized spacial score (nSPS) is 22.4. The van der Waals surface area contributed by atoms with E-state index in [1.54, 1.807) is 0 Å². The summed E-state index contributed by atoms with van der Waals surface area (Å²) in [6.45, 7) is 12.3. The van der Waals surface area contributed by atoms with Crippen molar-refractivity contribution in [3.63, 3.8) is 0 Å². The molecule has 1 aromatic rings. The van der Waals surface area contributed by atoms with Crippen LogP contribution in [-0.2, 0) is 11.3 Å². The van der Waals surface area contributed by atoms with Gasteiger partial charge in [0, 0.05) is 18.8 Å². The third-order valence-corrected chi connectivity index (χ3v) is 3.56. The Kier molecular flexibility index (Phi) is 4.35. The molecule has 1 fully saturated rings. The predicted octanol–water partition coefficient (Wildman–Crippen LogP) is 2.70. The smallest absolute Gasteiger partial charge is 0.129 e. The summed E-state index contributed by atoms with van der Waals surface area (Å²) in [5, 5.41) is 9.45. The van der Waals surface area contributed by atoms with Gasteiger partial charge in [0.25, 0.3) is 0 Å². The van der Waals surface area contributed by atoms with E-state index in [2.05, 4.69) is 39.5 Å². The monoisotopic (exact) mass is 278 g/mol. The summed E-state index contributed by atoms with van der Waals surface area (Å²) in [5.41, 5.74) is 1.78. The Morgan fingerprint density at radius 3 is 2.70 bits per heavy atom. The van der Waals surface area contributed by atoms with Crippen LogP contribution in [0.2, 0.25) is 0 Å². The highest BCUT2D eigenvalue weighted by Gasteiger charge is 2.32. The van der Waals surface area contributed by atoms with E-state index < -0.39 is 0 Å². The number of rotatable bonds is 3. The number of nitrogens with zero attached hydrogens (tertiary/aromatic N) is 2. The molecule has 0 aliphatic carbocycles. The molecule has 1 aliphatic heterocycles. The Labute approximate surface area is 121 Å². The van der Waals surface area contributed by atoms with Crippen molar-refractivity contribution in [2.24, 2.45) is 0 Å². The zero-order valence-corrected chi connectivity index (χ0v) is 13.2. The SMILES string of the molecule is CC1CN(c2cc(CO)cc(C(C)C)n2)CC(C)(C)O1. The predicted molar refractivity (Wildman–Crippen MR) is 81.1 cm³/mol. The number of anilines is 1. The van der Waals surface area contributed by atoms with E-state index in [9.17, 15) is 5.11 Å². The first-order valence-electron chi connectivity index (χ1n) is 7.35. The maximum Gasteiger partial charge on any atom is 0.129 e. The molecule has 1 aliphatic rings. The van der Waals surface area contributed by atoms with Gasteiger partial charge in [-0.05, 0) is 44.4 Å². The van der Waals surface area contributed by atoms with Crippen molar-refractivity contribution in [1.29, 1.82) is 0 Å². The number of ether oxygens (including phenoxy) is 1. The topological polar surface area (TPSA) is 45.6 Å². The largest absolute Gasteiger partial charge is 0.392 e. The van der Waals surface area contributed by atoms with E-state index in [1.807, 2.05) is 12.1 Å². The first-order chi connectivity index (χ1) is 9.30. The van der Waals surface area contributed by atoms with Crippen LogP contribution in [0.1, 0.15) is 51.8 Å². The van der Waals surface area contributed by atoms with E-state index >= 15 is 0 Å². The summed E-state index contributed by atoms with van der Waals surface area (Å²) in [7, 11) is 0. The highest BCUT2D eigenvalue weighted by atomic mass is 16.5. The first-order valence-corrected chi connectivity index (χ1v) is 7.35. The van der Waals surface area contributed by atoms with Gasteiger partial charge in [-0.3, -0.25) is 0 Å². The number of hydrogen-bond donors (Lipinski definition) is 1. The molecule has 1 N–H and O–H groups in total. The van der Waals surface area contributed by atoms with Crippen LogP contribution in [-0.4, -0.2) is 34.9 Å². The molecule has 4 nitrogen and oxygen atoms in total. The lowest BCUT2D eigenvalue weighted by Gasteiger charge is -2.42. The van der Waals surface area contributed by atoms with Crippen LogP contribution in [0.4, 0.5) is 5.82 Å². The maximum atomic E-state index is 9.45. The summed E-state index contributed by atoms with van der Waals surface area (Å²) >= 11 is 0. The number of pyridine rings is 1. The Morgan fingerprint density at radius 2 is 2.15 bits per heavy atom. The van der Waals surface area contributed by atoms with Crippen LogP contribution in [0.15, 0.2) is 12.1 Å². The van der Waals surface area contributed by atoms with Gasteiger partial charge in [-0.1, -0.05) is 13.8 Å². The van der Waals surface area contributed by atoms with Crippen LogP contribution in [0.5, 0.6) is 0 Å². The number of aliphatic hydroxyl groups is 1.